The number of halogens is 1. The first-order valence-corrected chi connectivity index (χ1v) is 4.05. The molecule has 0 radical (unpaired) electrons. The van der Waals surface area contributed by atoms with Gasteiger partial charge in [-0.05, 0) is 6.92 Å². The van der Waals surface area contributed by atoms with Crippen LogP contribution in [-0.4, -0.2) is 24.5 Å². The van der Waals surface area contributed by atoms with Crippen molar-refractivity contribution < 1.29 is 18.8 Å². The average molecular weight is 199 g/mol. The Balaban J connectivity index is 4.24. The highest BCUT2D eigenvalue weighted by atomic mass is 35.5. The smallest absolute Gasteiger partial charge is 0.367 e. The van der Waals surface area contributed by atoms with Crippen LogP contribution in [0.4, 0.5) is 0 Å². The van der Waals surface area contributed by atoms with Crippen LogP contribution in [0.3, 0.4) is 0 Å². The summed E-state index contributed by atoms with van der Waals surface area (Å²) >= 11 is 5.42. The second kappa shape index (κ2) is 4.65. The molecule has 0 heterocycles. The van der Waals surface area contributed by atoms with Gasteiger partial charge in [-0.1, -0.05) is 11.6 Å². The molecule has 6 heteroatoms. The van der Waals surface area contributed by atoms with Crippen LogP contribution >= 0.6 is 20.1 Å². The maximum Gasteiger partial charge on any atom is 0.367 e. The third kappa shape index (κ3) is 2.73. The van der Waals surface area contributed by atoms with E-state index in [4.69, 9.17) is 11.6 Å². The van der Waals surface area contributed by atoms with E-state index >= 15 is 0 Å². The van der Waals surface area contributed by atoms with Gasteiger partial charge in [-0.3, -0.25) is 4.57 Å². The number of alkyl halides is 1. The van der Waals surface area contributed by atoms with Crippen molar-refractivity contribution in [2.24, 2.45) is 0 Å². The summed E-state index contributed by atoms with van der Waals surface area (Å²) in [5.74, 6) is -0.846. The zero-order valence-corrected chi connectivity index (χ0v) is 7.82. The Bertz CT molecular complexity index is 163. The summed E-state index contributed by atoms with van der Waals surface area (Å²) in [5.41, 5.74) is 0. The van der Waals surface area contributed by atoms with Gasteiger partial charge in [-0.25, -0.2) is 4.79 Å². The third-order valence-corrected chi connectivity index (χ3v) is 2.03. The molecule has 64 valence electrons. The van der Waals surface area contributed by atoms with Gasteiger partial charge in [0.1, 0.15) is 0 Å². The van der Waals surface area contributed by atoms with Crippen LogP contribution in [0.15, 0.2) is 0 Å². The SMILES string of the molecule is CCOC(=O)C(Cl)(OC)P=O. The van der Waals surface area contributed by atoms with E-state index < -0.39 is 19.2 Å². The number of carbonyl (C=O) groups excluding carboxylic acids is 1. The molecule has 0 aliphatic heterocycles. The summed E-state index contributed by atoms with van der Waals surface area (Å²) in [6.07, 6.45) is 0. The molecule has 0 spiro atoms. The molecule has 0 aromatic heterocycles. The quantitative estimate of drug-likeness (QED) is 0.389. The van der Waals surface area contributed by atoms with Gasteiger partial charge < -0.3 is 9.47 Å². The Morgan fingerprint density at radius 3 is 2.55 bits per heavy atom. The molecular formula is C5H8ClO4P. The van der Waals surface area contributed by atoms with Gasteiger partial charge in [0, 0.05) is 7.11 Å². The highest BCUT2D eigenvalue weighted by Crippen LogP contribution is 2.30. The highest BCUT2D eigenvalue weighted by molar-refractivity contribution is 7.31. The molecule has 4 nitrogen and oxygen atoms in total. The van der Waals surface area contributed by atoms with Crippen LogP contribution in [-0.2, 0) is 18.8 Å². The number of carbonyl (C=O) groups is 1. The van der Waals surface area contributed by atoms with Gasteiger partial charge >= 0.3 is 10.8 Å². The highest BCUT2D eigenvalue weighted by Gasteiger charge is 2.39. The molecule has 0 fully saturated rings. The Hall–Kier alpha value is -0.180. The predicted molar refractivity (Wildman–Crippen MR) is 39.8 cm³/mol. The van der Waals surface area contributed by atoms with Crippen molar-refractivity contribution in [2.45, 2.75) is 11.7 Å². The van der Waals surface area contributed by atoms with Gasteiger partial charge in [0.15, 0.2) is 0 Å². The fourth-order valence-electron chi connectivity index (χ4n) is 0.378. The largest absolute Gasteiger partial charge is 0.462 e. The summed E-state index contributed by atoms with van der Waals surface area (Å²) < 4.78 is 19.3. The van der Waals surface area contributed by atoms with Crippen molar-refractivity contribution in [1.82, 2.24) is 0 Å². The van der Waals surface area contributed by atoms with Gasteiger partial charge in [0.05, 0.1) is 6.61 Å². The lowest BCUT2D eigenvalue weighted by molar-refractivity contribution is -0.152. The van der Waals surface area contributed by atoms with E-state index in [1.807, 2.05) is 0 Å². The Morgan fingerprint density at radius 2 is 2.27 bits per heavy atom. The van der Waals surface area contributed by atoms with E-state index in [1.165, 1.54) is 7.11 Å². The minimum atomic E-state index is -1.88. The number of rotatable bonds is 4. The second-order valence-electron chi connectivity index (χ2n) is 1.58. The van der Waals surface area contributed by atoms with E-state index in [2.05, 4.69) is 9.47 Å². The number of hydrogen-bond acceptors (Lipinski definition) is 4. The molecule has 1 atom stereocenters. The van der Waals surface area contributed by atoms with Crippen molar-refractivity contribution in [3.8, 4) is 0 Å². The van der Waals surface area contributed by atoms with Crippen LogP contribution in [0.5, 0.6) is 0 Å². The second-order valence-corrected chi connectivity index (χ2v) is 3.19. The summed E-state index contributed by atoms with van der Waals surface area (Å²) in [4.78, 5) is 8.96. The molecule has 0 N–H and O–H groups in total. The molecule has 0 saturated carbocycles. The molecule has 0 aromatic carbocycles. The molecule has 11 heavy (non-hydrogen) atoms. The normalized spacial score (nSPS) is 15.9. The molecular weight excluding hydrogens is 190 g/mol. The van der Waals surface area contributed by atoms with E-state index in [9.17, 15) is 9.36 Å². The number of methoxy groups -OCH3 is 1. The number of hydrogen-bond donors (Lipinski definition) is 0. The van der Waals surface area contributed by atoms with Gasteiger partial charge in [-0.2, -0.15) is 0 Å². The molecule has 0 aromatic rings. The molecule has 0 rings (SSSR count). The zero-order chi connectivity index (χ0) is 8.91. The van der Waals surface area contributed by atoms with Crippen molar-refractivity contribution in [3.05, 3.63) is 0 Å². The Kier molecular flexibility index (Phi) is 4.57. The minimum Gasteiger partial charge on any atom is -0.462 e. The van der Waals surface area contributed by atoms with Crippen LogP contribution in [0.25, 0.3) is 0 Å². The van der Waals surface area contributed by atoms with Crippen molar-refractivity contribution in [1.29, 1.82) is 0 Å². The molecule has 0 amide bonds. The lowest BCUT2D eigenvalue weighted by Crippen LogP contribution is -2.30. The maximum absolute atomic E-state index is 10.8. The van der Waals surface area contributed by atoms with Gasteiger partial charge in [-0.15, -0.1) is 0 Å². The number of ether oxygens (including phenoxy) is 2. The van der Waals surface area contributed by atoms with Crippen LogP contribution in [0.2, 0.25) is 0 Å². The van der Waals surface area contributed by atoms with Crippen molar-refractivity contribution in [2.75, 3.05) is 13.7 Å². The van der Waals surface area contributed by atoms with Crippen molar-refractivity contribution in [3.63, 3.8) is 0 Å². The monoisotopic (exact) mass is 198 g/mol. The summed E-state index contributed by atoms with van der Waals surface area (Å²) in [5, 5.41) is 0. The van der Waals surface area contributed by atoms with E-state index in [0.29, 0.717) is 0 Å². The molecule has 0 bridgehead atoms. The fourth-order valence-corrected chi connectivity index (χ4v) is 0.646. The van der Waals surface area contributed by atoms with E-state index in [-0.39, 0.29) is 6.61 Å². The average Bonchev–Trinajstić information content (AvgIpc) is 2.03. The first kappa shape index (κ1) is 10.8. The van der Waals surface area contributed by atoms with E-state index in [1.54, 1.807) is 6.92 Å². The van der Waals surface area contributed by atoms with E-state index in [0.717, 1.165) is 0 Å². The molecule has 1 unspecified atom stereocenters. The zero-order valence-electron chi connectivity index (χ0n) is 6.17. The molecule has 0 saturated heterocycles. The van der Waals surface area contributed by atoms with Gasteiger partial charge in [0.25, 0.3) is 0 Å². The van der Waals surface area contributed by atoms with Crippen LogP contribution < -0.4 is 0 Å². The lowest BCUT2D eigenvalue weighted by Gasteiger charge is -2.14. The topological polar surface area (TPSA) is 52.6 Å². The predicted octanol–water partition coefficient (Wildman–Crippen LogP) is 1.38. The third-order valence-electron chi connectivity index (χ3n) is 0.915. The van der Waals surface area contributed by atoms with Crippen LogP contribution in [0, 0.1) is 0 Å². The standard InChI is InChI=1S/C5H8ClO4P/c1-3-10-4(7)5(6,9-2)11-8/h3H2,1-2H3. The first-order valence-electron chi connectivity index (χ1n) is 2.86. The van der Waals surface area contributed by atoms with Gasteiger partial charge in [0.2, 0.25) is 8.46 Å². The summed E-state index contributed by atoms with van der Waals surface area (Å²) in [7, 11) is 0.550. The first-order chi connectivity index (χ1) is 5.10. The minimum absolute atomic E-state index is 0.173. The lowest BCUT2D eigenvalue weighted by atomic mass is 10.7. The number of esters is 1. The Labute approximate surface area is 71.0 Å². The fraction of sp³-hybridized carbons (Fsp3) is 0.800. The molecule has 0 aliphatic carbocycles. The Morgan fingerprint density at radius 1 is 1.73 bits per heavy atom. The summed E-state index contributed by atoms with van der Waals surface area (Å²) in [6, 6.07) is 0. The van der Waals surface area contributed by atoms with Crippen LogP contribution in [0.1, 0.15) is 6.92 Å². The molecule has 0 aliphatic rings. The van der Waals surface area contributed by atoms with Crippen molar-refractivity contribution >= 4 is 26.0 Å². The maximum atomic E-state index is 10.8. The summed E-state index contributed by atoms with van der Waals surface area (Å²) in [6.45, 7) is 1.79.